The van der Waals surface area contributed by atoms with Crippen LogP contribution in [0.4, 0.5) is 0 Å². The summed E-state index contributed by atoms with van der Waals surface area (Å²) in [5.74, 6) is 0.654. The topological polar surface area (TPSA) is 42.2 Å². The quantitative estimate of drug-likeness (QED) is 0.794. The smallest absolute Gasteiger partial charge is 0.235 e. The van der Waals surface area contributed by atoms with E-state index in [0.717, 1.165) is 11.3 Å². The SMILES string of the molecule is O=C(NCc1ccco1)C(Br)C(Br)c1ccccc1. The van der Waals surface area contributed by atoms with Crippen LogP contribution in [0, 0.1) is 0 Å². The van der Waals surface area contributed by atoms with Crippen molar-refractivity contribution in [2.75, 3.05) is 0 Å². The van der Waals surface area contributed by atoms with Crippen molar-refractivity contribution in [3.8, 4) is 0 Å². The number of hydrogen-bond donors (Lipinski definition) is 1. The summed E-state index contributed by atoms with van der Waals surface area (Å²) in [5.41, 5.74) is 1.05. The summed E-state index contributed by atoms with van der Waals surface area (Å²) in [5, 5.41) is 2.83. The summed E-state index contributed by atoms with van der Waals surface area (Å²) in [7, 11) is 0. The molecule has 2 atom stereocenters. The van der Waals surface area contributed by atoms with Crippen molar-refractivity contribution in [2.24, 2.45) is 0 Å². The zero-order valence-corrected chi connectivity index (χ0v) is 13.2. The molecule has 0 aliphatic carbocycles. The van der Waals surface area contributed by atoms with Gasteiger partial charge in [0, 0.05) is 0 Å². The molecule has 1 heterocycles. The second-order valence-corrected chi connectivity index (χ2v) is 5.98. The molecule has 0 saturated heterocycles. The van der Waals surface area contributed by atoms with E-state index in [-0.39, 0.29) is 15.6 Å². The Bertz CT molecular complexity index is 514. The number of rotatable bonds is 5. The van der Waals surface area contributed by atoms with Crippen LogP contribution in [0.15, 0.2) is 53.1 Å². The third-order valence-electron chi connectivity index (χ3n) is 2.64. The zero-order valence-electron chi connectivity index (χ0n) is 10.1. The Balaban J connectivity index is 1.91. The third-order valence-corrected chi connectivity index (χ3v) is 5.35. The predicted molar refractivity (Wildman–Crippen MR) is 81.4 cm³/mol. The highest BCUT2D eigenvalue weighted by molar-refractivity contribution is 9.12. The van der Waals surface area contributed by atoms with Crippen molar-refractivity contribution < 1.29 is 9.21 Å². The van der Waals surface area contributed by atoms with Gasteiger partial charge < -0.3 is 9.73 Å². The van der Waals surface area contributed by atoms with E-state index >= 15 is 0 Å². The van der Waals surface area contributed by atoms with E-state index in [0.29, 0.717) is 6.54 Å². The largest absolute Gasteiger partial charge is 0.467 e. The van der Waals surface area contributed by atoms with E-state index in [9.17, 15) is 4.79 Å². The number of carbonyl (C=O) groups is 1. The van der Waals surface area contributed by atoms with Crippen LogP contribution in [0.3, 0.4) is 0 Å². The van der Waals surface area contributed by atoms with E-state index in [1.807, 2.05) is 36.4 Å². The van der Waals surface area contributed by atoms with Gasteiger partial charge in [-0.15, -0.1) is 0 Å². The van der Waals surface area contributed by atoms with Crippen molar-refractivity contribution in [1.82, 2.24) is 5.32 Å². The number of benzene rings is 1. The molecule has 1 aromatic heterocycles. The minimum absolute atomic E-state index is 0.0784. The van der Waals surface area contributed by atoms with Gasteiger partial charge in [-0.1, -0.05) is 62.2 Å². The van der Waals surface area contributed by atoms with Gasteiger partial charge in [-0.25, -0.2) is 0 Å². The van der Waals surface area contributed by atoms with Gasteiger partial charge in [-0.05, 0) is 17.7 Å². The standard InChI is InChI=1S/C14H13Br2NO2/c15-12(10-5-2-1-3-6-10)13(16)14(18)17-9-11-7-4-8-19-11/h1-8,12-13H,9H2,(H,17,18). The number of carbonyl (C=O) groups excluding carboxylic acids is 1. The molecule has 1 aromatic carbocycles. The zero-order chi connectivity index (χ0) is 13.7. The number of amides is 1. The number of hydrogen-bond acceptors (Lipinski definition) is 2. The summed E-state index contributed by atoms with van der Waals surface area (Å²) < 4.78 is 5.17. The van der Waals surface area contributed by atoms with Crippen LogP contribution in [0.25, 0.3) is 0 Å². The first-order valence-corrected chi connectivity index (χ1v) is 7.65. The van der Waals surface area contributed by atoms with E-state index in [1.54, 1.807) is 12.3 Å². The second-order valence-electron chi connectivity index (χ2n) is 4.01. The molecule has 5 heteroatoms. The third kappa shape index (κ3) is 3.94. The molecule has 2 aromatic rings. The highest BCUT2D eigenvalue weighted by Gasteiger charge is 2.24. The fourth-order valence-corrected chi connectivity index (χ4v) is 2.64. The number of nitrogens with one attached hydrogen (secondary N) is 1. The maximum atomic E-state index is 12.0. The van der Waals surface area contributed by atoms with Crippen LogP contribution in [0.1, 0.15) is 16.2 Å². The van der Waals surface area contributed by atoms with Crippen molar-refractivity contribution >= 4 is 37.8 Å². The predicted octanol–water partition coefficient (Wildman–Crippen LogP) is 3.80. The lowest BCUT2D eigenvalue weighted by Crippen LogP contribution is -2.32. The Labute approximate surface area is 128 Å². The van der Waals surface area contributed by atoms with E-state index < -0.39 is 0 Å². The van der Waals surface area contributed by atoms with Crippen molar-refractivity contribution in [2.45, 2.75) is 16.2 Å². The highest BCUT2D eigenvalue weighted by atomic mass is 79.9. The first-order chi connectivity index (χ1) is 9.18. The number of halogens is 2. The Hall–Kier alpha value is -1.07. The minimum atomic E-state index is -0.343. The van der Waals surface area contributed by atoms with Crippen LogP contribution < -0.4 is 5.32 Å². The lowest BCUT2D eigenvalue weighted by Gasteiger charge is -2.16. The normalized spacial score (nSPS) is 13.8. The molecule has 0 aliphatic heterocycles. The molecular weight excluding hydrogens is 374 g/mol. The molecular formula is C14H13Br2NO2. The Morgan fingerprint density at radius 3 is 2.53 bits per heavy atom. The molecule has 2 rings (SSSR count). The average Bonchev–Trinajstić information content (AvgIpc) is 2.97. The average molecular weight is 387 g/mol. The molecule has 1 amide bonds. The fourth-order valence-electron chi connectivity index (χ4n) is 1.62. The Kier molecular flexibility index (Phi) is 5.22. The second kappa shape index (κ2) is 6.91. The van der Waals surface area contributed by atoms with Crippen LogP contribution in [-0.4, -0.2) is 10.7 Å². The van der Waals surface area contributed by atoms with Gasteiger partial charge in [-0.2, -0.15) is 0 Å². The van der Waals surface area contributed by atoms with Gasteiger partial charge in [-0.3, -0.25) is 4.79 Å². The monoisotopic (exact) mass is 385 g/mol. The molecule has 0 spiro atoms. The van der Waals surface area contributed by atoms with Crippen LogP contribution in [0.2, 0.25) is 0 Å². The maximum Gasteiger partial charge on any atom is 0.235 e. The number of alkyl halides is 2. The maximum absolute atomic E-state index is 12.0. The van der Waals surface area contributed by atoms with Gasteiger partial charge in [0.05, 0.1) is 17.6 Å². The van der Waals surface area contributed by atoms with Gasteiger partial charge in [0.25, 0.3) is 0 Å². The van der Waals surface area contributed by atoms with Crippen LogP contribution >= 0.6 is 31.9 Å². The molecule has 0 fully saturated rings. The van der Waals surface area contributed by atoms with E-state index in [1.165, 1.54) is 0 Å². The van der Waals surface area contributed by atoms with Crippen molar-refractivity contribution in [3.05, 3.63) is 60.1 Å². The summed E-state index contributed by atoms with van der Waals surface area (Å²) in [6.07, 6.45) is 1.59. The molecule has 0 radical (unpaired) electrons. The Morgan fingerprint density at radius 2 is 1.89 bits per heavy atom. The molecule has 3 nitrogen and oxygen atoms in total. The minimum Gasteiger partial charge on any atom is -0.467 e. The van der Waals surface area contributed by atoms with Gasteiger partial charge in [0.1, 0.15) is 10.6 Å². The molecule has 0 aliphatic rings. The summed E-state index contributed by atoms with van der Waals surface area (Å²) in [4.78, 5) is 11.6. The lowest BCUT2D eigenvalue weighted by molar-refractivity contribution is -0.120. The Morgan fingerprint density at radius 1 is 1.16 bits per heavy atom. The van der Waals surface area contributed by atoms with Gasteiger partial charge in [0.15, 0.2) is 0 Å². The van der Waals surface area contributed by atoms with Crippen LogP contribution in [-0.2, 0) is 11.3 Å². The lowest BCUT2D eigenvalue weighted by atomic mass is 10.1. The molecule has 100 valence electrons. The summed E-state index contributed by atoms with van der Waals surface area (Å²) >= 11 is 6.96. The van der Waals surface area contributed by atoms with Gasteiger partial charge in [0.2, 0.25) is 5.91 Å². The first kappa shape index (κ1) is 14.3. The van der Waals surface area contributed by atoms with Gasteiger partial charge >= 0.3 is 0 Å². The van der Waals surface area contributed by atoms with Crippen LogP contribution in [0.5, 0.6) is 0 Å². The fraction of sp³-hybridized carbons (Fsp3) is 0.214. The molecule has 19 heavy (non-hydrogen) atoms. The van der Waals surface area contributed by atoms with E-state index in [2.05, 4.69) is 37.2 Å². The molecule has 0 saturated carbocycles. The first-order valence-electron chi connectivity index (χ1n) is 5.81. The van der Waals surface area contributed by atoms with Crippen molar-refractivity contribution in [1.29, 1.82) is 0 Å². The molecule has 2 unspecified atom stereocenters. The molecule has 1 N–H and O–H groups in total. The molecule has 0 bridgehead atoms. The number of furan rings is 1. The highest BCUT2D eigenvalue weighted by Crippen LogP contribution is 2.31. The summed E-state index contributed by atoms with van der Waals surface area (Å²) in [6.45, 7) is 0.391. The summed E-state index contributed by atoms with van der Waals surface area (Å²) in [6, 6.07) is 13.4. The van der Waals surface area contributed by atoms with Crippen molar-refractivity contribution in [3.63, 3.8) is 0 Å². The van der Waals surface area contributed by atoms with E-state index in [4.69, 9.17) is 4.42 Å².